The molecule has 0 spiro atoms. The lowest BCUT2D eigenvalue weighted by molar-refractivity contribution is -0.0499. The smallest absolute Gasteiger partial charge is 0.379 e. The van der Waals surface area contributed by atoms with Crippen molar-refractivity contribution in [2.75, 3.05) is 13.2 Å². The largest absolute Gasteiger partial charge is 0.439 e. The zero-order chi connectivity index (χ0) is 16.7. The third-order valence-corrected chi connectivity index (χ3v) is 4.42. The summed E-state index contributed by atoms with van der Waals surface area (Å²) in [5.74, 6) is -0.376. The molecule has 1 fully saturated rings. The summed E-state index contributed by atoms with van der Waals surface area (Å²) in [6.45, 7) is 3.47. The van der Waals surface area contributed by atoms with Gasteiger partial charge in [0.2, 0.25) is 5.82 Å². The Kier molecular flexibility index (Phi) is 3.47. The van der Waals surface area contributed by atoms with Gasteiger partial charge >= 0.3 is 5.76 Å². The Morgan fingerprint density at radius 2 is 2.00 bits per heavy atom. The van der Waals surface area contributed by atoms with Gasteiger partial charge in [-0.1, -0.05) is 35.8 Å². The van der Waals surface area contributed by atoms with Gasteiger partial charge in [0.1, 0.15) is 12.0 Å². The fourth-order valence-corrected chi connectivity index (χ4v) is 3.12. The van der Waals surface area contributed by atoms with Gasteiger partial charge in [-0.25, -0.2) is 14.8 Å². The van der Waals surface area contributed by atoms with Gasteiger partial charge in [-0.2, -0.15) is 0 Å². The number of nitrogens with zero attached hydrogens (tertiary/aromatic N) is 3. The lowest BCUT2D eigenvalue weighted by atomic mass is 9.80. The molecular formula is C16H13ClN4O3. The van der Waals surface area contributed by atoms with E-state index in [4.69, 9.17) is 16.3 Å². The molecule has 0 atom stereocenters. The Hall–Kier alpha value is -2.51. The van der Waals surface area contributed by atoms with Crippen molar-refractivity contribution in [1.82, 2.24) is 20.1 Å². The maximum Gasteiger partial charge on any atom is 0.439 e. The predicted octanol–water partition coefficient (Wildman–Crippen LogP) is 2.43. The highest BCUT2D eigenvalue weighted by Crippen LogP contribution is 2.37. The minimum atomic E-state index is -0.631. The first-order valence-corrected chi connectivity index (χ1v) is 7.69. The maximum absolute atomic E-state index is 11.1. The molecule has 7 nitrogen and oxygen atoms in total. The fourth-order valence-electron chi connectivity index (χ4n) is 2.71. The highest BCUT2D eigenvalue weighted by Gasteiger charge is 2.36. The Bertz CT molecular complexity index is 962. The first-order chi connectivity index (χ1) is 11.5. The van der Waals surface area contributed by atoms with E-state index in [0.29, 0.717) is 29.6 Å². The Labute approximate surface area is 141 Å². The number of hydrogen-bond acceptors (Lipinski definition) is 6. The molecule has 24 heavy (non-hydrogen) atoms. The second-order valence-electron chi connectivity index (χ2n) is 5.98. The van der Waals surface area contributed by atoms with Crippen LogP contribution in [0.1, 0.15) is 12.5 Å². The van der Waals surface area contributed by atoms with Gasteiger partial charge in [-0.05, 0) is 17.7 Å². The third-order valence-electron chi connectivity index (χ3n) is 4.11. The topological polar surface area (TPSA) is 93.9 Å². The minimum Gasteiger partial charge on any atom is -0.379 e. The maximum atomic E-state index is 11.1. The summed E-state index contributed by atoms with van der Waals surface area (Å²) in [5.41, 5.74) is 3.01. The van der Waals surface area contributed by atoms with Crippen LogP contribution >= 0.6 is 11.6 Å². The lowest BCUT2D eigenvalue weighted by Gasteiger charge is -2.39. The fraction of sp³-hybridized carbons (Fsp3) is 0.250. The van der Waals surface area contributed by atoms with E-state index in [1.807, 2.05) is 18.2 Å². The van der Waals surface area contributed by atoms with Crippen molar-refractivity contribution in [2.45, 2.75) is 12.3 Å². The highest BCUT2D eigenvalue weighted by atomic mass is 35.5. The van der Waals surface area contributed by atoms with Crippen molar-refractivity contribution in [1.29, 1.82) is 0 Å². The Morgan fingerprint density at radius 1 is 1.21 bits per heavy atom. The Balaban J connectivity index is 1.71. The standard InChI is InChI=1S/C16H13ClN4O3/c1-16(6-23-7-16)10-3-2-9(4-11(10)17)12-5-13(19-8-18-12)14-20-15(22)24-21-14/h2-5,8H,6-7H2,1H3,(H,20,21,22). The molecule has 0 amide bonds. The summed E-state index contributed by atoms with van der Waals surface area (Å²) in [4.78, 5) is 21.9. The van der Waals surface area contributed by atoms with Crippen molar-refractivity contribution in [2.24, 2.45) is 0 Å². The number of benzene rings is 1. The van der Waals surface area contributed by atoms with E-state index in [9.17, 15) is 4.79 Å². The molecule has 8 heteroatoms. The molecule has 0 unspecified atom stereocenters. The highest BCUT2D eigenvalue weighted by molar-refractivity contribution is 6.31. The van der Waals surface area contributed by atoms with Crippen molar-refractivity contribution < 1.29 is 9.26 Å². The molecule has 1 aromatic carbocycles. The van der Waals surface area contributed by atoms with Crippen LogP contribution in [-0.2, 0) is 10.2 Å². The average Bonchev–Trinajstić information content (AvgIpc) is 2.99. The van der Waals surface area contributed by atoms with Gasteiger partial charge in [-0.15, -0.1) is 0 Å². The van der Waals surface area contributed by atoms with E-state index in [-0.39, 0.29) is 11.2 Å². The number of aromatic nitrogens is 4. The normalized spacial score (nSPS) is 15.9. The first kappa shape index (κ1) is 15.0. The van der Waals surface area contributed by atoms with Crippen LogP contribution in [0, 0.1) is 0 Å². The van der Waals surface area contributed by atoms with Crippen LogP contribution in [0.2, 0.25) is 5.02 Å². The third kappa shape index (κ3) is 2.51. The molecule has 4 rings (SSSR count). The number of rotatable bonds is 3. The van der Waals surface area contributed by atoms with Crippen LogP contribution < -0.4 is 5.76 Å². The number of nitrogens with one attached hydrogen (secondary N) is 1. The molecule has 1 aliphatic heterocycles. The van der Waals surface area contributed by atoms with Crippen LogP contribution in [0.5, 0.6) is 0 Å². The van der Waals surface area contributed by atoms with Crippen molar-refractivity contribution in [3.63, 3.8) is 0 Å². The van der Waals surface area contributed by atoms with Gasteiger partial charge in [-0.3, -0.25) is 9.51 Å². The van der Waals surface area contributed by atoms with Crippen LogP contribution in [0.3, 0.4) is 0 Å². The number of ether oxygens (including phenoxy) is 1. The monoisotopic (exact) mass is 344 g/mol. The number of halogens is 1. The zero-order valence-corrected chi connectivity index (χ0v) is 13.5. The van der Waals surface area contributed by atoms with Gasteiger partial charge in [0.15, 0.2) is 0 Å². The van der Waals surface area contributed by atoms with E-state index in [1.54, 1.807) is 6.07 Å². The molecule has 0 bridgehead atoms. The van der Waals surface area contributed by atoms with E-state index >= 15 is 0 Å². The van der Waals surface area contributed by atoms with Gasteiger partial charge in [0, 0.05) is 16.0 Å². The van der Waals surface area contributed by atoms with Gasteiger partial charge in [0.05, 0.1) is 18.9 Å². The molecule has 0 radical (unpaired) electrons. The van der Waals surface area contributed by atoms with Gasteiger partial charge < -0.3 is 4.74 Å². The molecule has 2 aromatic heterocycles. The number of aromatic amines is 1. The minimum absolute atomic E-state index is 0.0351. The summed E-state index contributed by atoms with van der Waals surface area (Å²) in [6, 6.07) is 7.55. The molecule has 122 valence electrons. The summed E-state index contributed by atoms with van der Waals surface area (Å²) in [5, 5.41) is 4.30. The van der Waals surface area contributed by atoms with E-state index in [1.165, 1.54) is 6.33 Å². The van der Waals surface area contributed by atoms with E-state index in [2.05, 4.69) is 31.6 Å². The summed E-state index contributed by atoms with van der Waals surface area (Å²) in [6.07, 6.45) is 1.40. The summed E-state index contributed by atoms with van der Waals surface area (Å²) < 4.78 is 9.81. The molecule has 1 aliphatic rings. The molecule has 0 aliphatic carbocycles. The predicted molar refractivity (Wildman–Crippen MR) is 86.8 cm³/mol. The van der Waals surface area contributed by atoms with Gasteiger partial charge in [0.25, 0.3) is 0 Å². The lowest BCUT2D eigenvalue weighted by Crippen LogP contribution is -2.44. The number of H-pyrrole nitrogens is 1. The van der Waals surface area contributed by atoms with E-state index in [0.717, 1.165) is 11.1 Å². The Morgan fingerprint density at radius 3 is 2.62 bits per heavy atom. The molecule has 1 saturated heterocycles. The summed E-state index contributed by atoms with van der Waals surface area (Å²) >= 11 is 6.46. The second kappa shape index (κ2) is 5.54. The molecule has 1 N–H and O–H groups in total. The molecule has 0 saturated carbocycles. The van der Waals surface area contributed by atoms with Crippen LogP contribution in [0.4, 0.5) is 0 Å². The quantitative estimate of drug-likeness (QED) is 0.784. The SMILES string of the molecule is CC1(c2ccc(-c3cc(-c4noc(=O)[nH]4)ncn3)cc2Cl)COC1. The van der Waals surface area contributed by atoms with Crippen LogP contribution in [0.25, 0.3) is 22.8 Å². The van der Waals surface area contributed by atoms with Crippen molar-refractivity contribution in [3.05, 3.63) is 51.7 Å². The zero-order valence-electron chi connectivity index (χ0n) is 12.7. The molecule has 3 aromatic rings. The number of hydrogen-bond donors (Lipinski definition) is 1. The second-order valence-corrected chi connectivity index (χ2v) is 6.39. The van der Waals surface area contributed by atoms with Crippen LogP contribution in [-0.4, -0.2) is 33.3 Å². The van der Waals surface area contributed by atoms with Crippen molar-refractivity contribution in [3.8, 4) is 22.8 Å². The van der Waals surface area contributed by atoms with Crippen molar-refractivity contribution >= 4 is 11.6 Å². The average molecular weight is 345 g/mol. The van der Waals surface area contributed by atoms with E-state index < -0.39 is 5.76 Å². The summed E-state index contributed by atoms with van der Waals surface area (Å²) in [7, 11) is 0. The first-order valence-electron chi connectivity index (χ1n) is 7.32. The molecular weight excluding hydrogens is 332 g/mol. The molecule has 3 heterocycles. The van der Waals surface area contributed by atoms with Crippen LogP contribution in [0.15, 0.2) is 39.9 Å².